The van der Waals surface area contributed by atoms with E-state index in [1.807, 2.05) is 0 Å². The molecule has 7 heteroatoms. The van der Waals surface area contributed by atoms with Crippen LogP contribution < -0.4 is 0 Å². The van der Waals surface area contributed by atoms with Crippen molar-refractivity contribution in [1.29, 1.82) is 0 Å². The first kappa shape index (κ1) is 11.7. The Kier molecular flexibility index (Phi) is 3.24. The van der Waals surface area contributed by atoms with E-state index in [4.69, 9.17) is 14.8 Å². The molecular formula is C6H8O6S. The molecule has 0 aromatic heterocycles. The van der Waals surface area contributed by atoms with Gasteiger partial charge in [-0.2, -0.15) is 8.42 Å². The standard InChI is InChI=1S/C6H6O5S.H2O/c7-4-1-2-5(8)6(3-4)12(9,10)11;/h1-3,7-8H,(H,9,10,11);1H2. The third-order valence-electron chi connectivity index (χ3n) is 1.22. The lowest BCUT2D eigenvalue weighted by atomic mass is 10.3. The van der Waals surface area contributed by atoms with Crippen molar-refractivity contribution >= 4 is 10.1 Å². The van der Waals surface area contributed by atoms with Crippen LogP contribution in [0.4, 0.5) is 0 Å². The summed E-state index contributed by atoms with van der Waals surface area (Å²) in [5.41, 5.74) is 0. The van der Waals surface area contributed by atoms with Crippen LogP contribution in [0.15, 0.2) is 23.1 Å². The van der Waals surface area contributed by atoms with Crippen LogP contribution in [0.5, 0.6) is 11.5 Å². The van der Waals surface area contributed by atoms with Crippen LogP contribution in [0.25, 0.3) is 0 Å². The van der Waals surface area contributed by atoms with Gasteiger partial charge < -0.3 is 15.7 Å². The van der Waals surface area contributed by atoms with Crippen LogP contribution in [0.3, 0.4) is 0 Å². The quantitative estimate of drug-likeness (QED) is 0.424. The average molecular weight is 208 g/mol. The number of benzene rings is 1. The van der Waals surface area contributed by atoms with Gasteiger partial charge in [0, 0.05) is 6.07 Å². The summed E-state index contributed by atoms with van der Waals surface area (Å²) in [6.07, 6.45) is 0. The Labute approximate surface area is 74.1 Å². The van der Waals surface area contributed by atoms with E-state index in [-0.39, 0.29) is 11.2 Å². The fourth-order valence-electron chi connectivity index (χ4n) is 0.709. The minimum Gasteiger partial charge on any atom is -0.508 e. The number of rotatable bonds is 1. The largest absolute Gasteiger partial charge is 0.508 e. The molecule has 0 bridgehead atoms. The monoisotopic (exact) mass is 208 g/mol. The van der Waals surface area contributed by atoms with E-state index >= 15 is 0 Å². The Morgan fingerprint density at radius 2 is 1.69 bits per heavy atom. The third-order valence-corrected chi connectivity index (χ3v) is 2.10. The summed E-state index contributed by atoms with van der Waals surface area (Å²) < 4.78 is 29.5. The van der Waals surface area contributed by atoms with Crippen molar-refractivity contribution in [1.82, 2.24) is 0 Å². The zero-order chi connectivity index (χ0) is 9.35. The maximum Gasteiger partial charge on any atom is 0.298 e. The summed E-state index contributed by atoms with van der Waals surface area (Å²) in [5.74, 6) is -0.948. The molecule has 0 saturated heterocycles. The van der Waals surface area contributed by atoms with Crippen molar-refractivity contribution in [2.24, 2.45) is 0 Å². The van der Waals surface area contributed by atoms with Gasteiger partial charge in [-0.05, 0) is 12.1 Å². The second kappa shape index (κ2) is 3.60. The molecule has 0 fully saturated rings. The Morgan fingerprint density at radius 3 is 2.08 bits per heavy atom. The van der Waals surface area contributed by atoms with Gasteiger partial charge in [0.15, 0.2) is 0 Å². The van der Waals surface area contributed by atoms with Crippen LogP contribution in [0.1, 0.15) is 0 Å². The van der Waals surface area contributed by atoms with Crippen molar-refractivity contribution < 1.29 is 28.7 Å². The summed E-state index contributed by atoms with van der Waals surface area (Å²) in [7, 11) is -4.47. The maximum atomic E-state index is 10.5. The highest BCUT2D eigenvalue weighted by Gasteiger charge is 2.15. The summed E-state index contributed by atoms with van der Waals surface area (Å²) in [4.78, 5) is -0.706. The van der Waals surface area contributed by atoms with E-state index in [0.717, 1.165) is 18.2 Å². The molecular weight excluding hydrogens is 200 g/mol. The molecule has 1 aromatic carbocycles. The molecule has 0 unspecified atom stereocenters. The highest BCUT2D eigenvalue weighted by molar-refractivity contribution is 7.86. The van der Waals surface area contributed by atoms with E-state index in [1.165, 1.54) is 0 Å². The summed E-state index contributed by atoms with van der Waals surface area (Å²) in [6, 6.07) is 2.83. The molecule has 0 aliphatic carbocycles. The predicted molar refractivity (Wildman–Crippen MR) is 43.2 cm³/mol. The van der Waals surface area contributed by atoms with Gasteiger partial charge >= 0.3 is 0 Å². The molecule has 0 radical (unpaired) electrons. The molecule has 0 atom stereocenters. The Bertz CT molecular complexity index is 396. The number of hydrogen-bond acceptors (Lipinski definition) is 4. The zero-order valence-electron chi connectivity index (χ0n) is 6.30. The van der Waals surface area contributed by atoms with Gasteiger partial charge in [-0.25, -0.2) is 0 Å². The van der Waals surface area contributed by atoms with Gasteiger partial charge in [0.25, 0.3) is 10.1 Å². The number of hydrogen-bond donors (Lipinski definition) is 3. The smallest absolute Gasteiger partial charge is 0.298 e. The fourth-order valence-corrected chi connectivity index (χ4v) is 1.31. The van der Waals surface area contributed by atoms with Crippen molar-refractivity contribution in [2.75, 3.05) is 0 Å². The number of phenols is 2. The molecule has 5 N–H and O–H groups in total. The maximum absolute atomic E-state index is 10.5. The fraction of sp³-hybridized carbons (Fsp3) is 0. The van der Waals surface area contributed by atoms with E-state index in [1.54, 1.807) is 0 Å². The first-order chi connectivity index (χ1) is 5.41. The van der Waals surface area contributed by atoms with Crippen molar-refractivity contribution in [3.8, 4) is 11.5 Å². The molecule has 1 rings (SSSR count). The highest BCUT2D eigenvalue weighted by atomic mass is 32.2. The summed E-state index contributed by atoms with van der Waals surface area (Å²) in [5, 5.41) is 17.7. The molecule has 0 heterocycles. The van der Waals surface area contributed by atoms with Gasteiger partial charge in [-0.15, -0.1) is 0 Å². The van der Waals surface area contributed by atoms with E-state index in [0.29, 0.717) is 0 Å². The summed E-state index contributed by atoms with van der Waals surface area (Å²) >= 11 is 0. The molecule has 0 saturated carbocycles. The van der Waals surface area contributed by atoms with Gasteiger partial charge in [-0.1, -0.05) is 0 Å². The summed E-state index contributed by atoms with van der Waals surface area (Å²) in [6.45, 7) is 0. The molecule has 6 nitrogen and oxygen atoms in total. The zero-order valence-corrected chi connectivity index (χ0v) is 7.11. The molecule has 0 aliphatic heterocycles. The molecule has 0 aliphatic rings. The molecule has 74 valence electrons. The number of aromatic hydroxyl groups is 2. The molecule has 0 spiro atoms. The van der Waals surface area contributed by atoms with E-state index < -0.39 is 20.8 Å². The van der Waals surface area contributed by atoms with Crippen LogP contribution in [0, 0.1) is 0 Å². The van der Waals surface area contributed by atoms with Crippen molar-refractivity contribution in [3.63, 3.8) is 0 Å². The van der Waals surface area contributed by atoms with Crippen molar-refractivity contribution in [3.05, 3.63) is 18.2 Å². The Morgan fingerprint density at radius 1 is 1.15 bits per heavy atom. The molecule has 1 aromatic rings. The van der Waals surface area contributed by atoms with Crippen LogP contribution in [0.2, 0.25) is 0 Å². The van der Waals surface area contributed by atoms with Crippen LogP contribution in [-0.2, 0) is 10.1 Å². The minimum absolute atomic E-state index is 0. The first-order valence-electron chi connectivity index (χ1n) is 2.91. The normalized spacial score (nSPS) is 10.5. The second-order valence-electron chi connectivity index (χ2n) is 2.13. The SMILES string of the molecule is O.O=S(=O)(O)c1cc(O)ccc1O. The lowest BCUT2D eigenvalue weighted by Crippen LogP contribution is -1.97. The first-order valence-corrected chi connectivity index (χ1v) is 4.35. The number of phenolic OH excluding ortho intramolecular Hbond substituents is 2. The Hall–Kier alpha value is -1.31. The van der Waals surface area contributed by atoms with Gasteiger partial charge in [0.2, 0.25) is 0 Å². The minimum atomic E-state index is -4.47. The van der Waals surface area contributed by atoms with Crippen LogP contribution in [-0.4, -0.2) is 28.7 Å². The second-order valence-corrected chi connectivity index (χ2v) is 3.52. The molecule has 13 heavy (non-hydrogen) atoms. The topological polar surface area (TPSA) is 126 Å². The third kappa shape index (κ3) is 2.58. The lowest BCUT2D eigenvalue weighted by Gasteiger charge is -2.00. The van der Waals surface area contributed by atoms with E-state index in [2.05, 4.69) is 0 Å². The molecule has 0 amide bonds. The van der Waals surface area contributed by atoms with Gasteiger partial charge in [0.1, 0.15) is 16.4 Å². The average Bonchev–Trinajstić information content (AvgIpc) is 1.92. The van der Waals surface area contributed by atoms with Gasteiger partial charge in [-0.3, -0.25) is 4.55 Å². The van der Waals surface area contributed by atoms with Crippen LogP contribution >= 0.6 is 0 Å². The Balaban J connectivity index is 0.00000144. The van der Waals surface area contributed by atoms with Gasteiger partial charge in [0.05, 0.1) is 0 Å². The predicted octanol–water partition coefficient (Wildman–Crippen LogP) is -0.480. The highest BCUT2D eigenvalue weighted by Crippen LogP contribution is 2.25. The van der Waals surface area contributed by atoms with E-state index in [9.17, 15) is 8.42 Å². The lowest BCUT2D eigenvalue weighted by molar-refractivity contribution is 0.433. The van der Waals surface area contributed by atoms with Crippen molar-refractivity contribution in [2.45, 2.75) is 4.90 Å².